The second kappa shape index (κ2) is 5.67. The zero-order valence-electron chi connectivity index (χ0n) is 13.7. The highest BCUT2D eigenvalue weighted by atomic mass is 28.4. The van der Waals surface area contributed by atoms with Crippen molar-refractivity contribution in [3.63, 3.8) is 0 Å². The Morgan fingerprint density at radius 2 is 1.85 bits per heavy atom. The van der Waals surface area contributed by atoms with Gasteiger partial charge in [0.2, 0.25) is 0 Å². The molecule has 0 atom stereocenters. The lowest BCUT2D eigenvalue weighted by atomic mass is 9.87. The predicted molar refractivity (Wildman–Crippen MR) is 84.9 cm³/mol. The highest BCUT2D eigenvalue weighted by Gasteiger charge is 2.37. The maximum absolute atomic E-state index is 9.21. The number of hydrogen-bond donors (Lipinski definition) is 0. The van der Waals surface area contributed by atoms with Crippen LogP contribution in [-0.4, -0.2) is 13.3 Å². The van der Waals surface area contributed by atoms with Crippen LogP contribution in [0.5, 0.6) is 0 Å². The fourth-order valence-corrected chi connectivity index (χ4v) is 2.42. The molecule has 0 aliphatic rings. The van der Waals surface area contributed by atoms with Gasteiger partial charge in [0.15, 0.2) is 8.32 Å². The molecule has 0 fully saturated rings. The zero-order chi connectivity index (χ0) is 15.6. The zero-order valence-corrected chi connectivity index (χ0v) is 14.7. The van der Waals surface area contributed by atoms with Gasteiger partial charge in [-0.2, -0.15) is 5.26 Å². The van der Waals surface area contributed by atoms with Gasteiger partial charge in [-0.25, -0.2) is 0 Å². The van der Waals surface area contributed by atoms with Crippen LogP contribution in [0.25, 0.3) is 0 Å². The molecular weight excluding hydrogens is 264 g/mol. The molecule has 0 bridgehead atoms. The lowest BCUT2D eigenvalue weighted by Crippen LogP contribution is -2.40. The first kappa shape index (κ1) is 16.9. The Kier molecular flexibility index (Phi) is 4.78. The Morgan fingerprint density at radius 1 is 1.25 bits per heavy atom. The molecule has 0 spiro atoms. The Morgan fingerprint density at radius 3 is 2.35 bits per heavy atom. The van der Waals surface area contributed by atoms with Crippen LogP contribution in [0.3, 0.4) is 0 Å². The molecule has 0 aromatic carbocycles. The molecule has 0 amide bonds. The molecule has 1 aromatic heterocycles. The molecule has 3 nitrogen and oxygen atoms in total. The molecular formula is C16H26N2OSi. The normalized spacial score (nSPS) is 13.1. The number of pyridine rings is 1. The predicted octanol–water partition coefficient (Wildman–Crippen LogP) is 4.40. The number of nitrogens with zero attached hydrogens (tertiary/aromatic N) is 2. The highest BCUT2D eigenvalue weighted by Crippen LogP contribution is 2.37. The van der Waals surface area contributed by atoms with Crippen molar-refractivity contribution in [2.45, 2.75) is 64.8 Å². The van der Waals surface area contributed by atoms with Crippen LogP contribution < -0.4 is 0 Å². The van der Waals surface area contributed by atoms with Crippen LogP contribution in [0, 0.1) is 11.3 Å². The van der Waals surface area contributed by atoms with E-state index >= 15 is 0 Å². The number of nitriles is 1. The average Bonchev–Trinajstić information content (AvgIpc) is 2.35. The van der Waals surface area contributed by atoms with E-state index in [0.717, 1.165) is 11.3 Å². The van der Waals surface area contributed by atoms with Crippen molar-refractivity contribution in [3.8, 4) is 6.07 Å². The van der Waals surface area contributed by atoms with Crippen molar-refractivity contribution in [2.75, 3.05) is 0 Å². The Hall–Kier alpha value is -1.18. The highest BCUT2D eigenvalue weighted by molar-refractivity contribution is 6.74. The Balaban J connectivity index is 2.87. The van der Waals surface area contributed by atoms with Gasteiger partial charge in [-0.05, 0) is 49.7 Å². The summed E-state index contributed by atoms with van der Waals surface area (Å²) in [4.78, 5) is 4.36. The van der Waals surface area contributed by atoms with Gasteiger partial charge in [-0.15, -0.1) is 0 Å². The quantitative estimate of drug-likeness (QED) is 0.772. The van der Waals surface area contributed by atoms with E-state index in [1.807, 2.05) is 26.0 Å². The standard InChI is InChI=1S/C16H26N2OSi/c1-15(2,3)20(6,7)19-11-14-10-13(8-9-18-14)16(4,5)12-17/h8-10H,11H2,1-7H3. The van der Waals surface area contributed by atoms with Gasteiger partial charge >= 0.3 is 0 Å². The van der Waals surface area contributed by atoms with E-state index in [2.05, 4.69) is 44.9 Å². The largest absolute Gasteiger partial charge is 0.411 e. The molecule has 0 N–H and O–H groups in total. The lowest BCUT2D eigenvalue weighted by Gasteiger charge is -2.36. The molecule has 0 saturated carbocycles. The summed E-state index contributed by atoms with van der Waals surface area (Å²) in [6.45, 7) is 15.5. The summed E-state index contributed by atoms with van der Waals surface area (Å²) >= 11 is 0. The summed E-state index contributed by atoms with van der Waals surface area (Å²) in [6.07, 6.45) is 1.76. The summed E-state index contributed by atoms with van der Waals surface area (Å²) in [6, 6.07) is 6.21. The van der Waals surface area contributed by atoms with Crippen molar-refractivity contribution in [3.05, 3.63) is 29.6 Å². The van der Waals surface area contributed by atoms with Crippen LogP contribution in [0.4, 0.5) is 0 Å². The van der Waals surface area contributed by atoms with Crippen LogP contribution >= 0.6 is 0 Å². The molecule has 20 heavy (non-hydrogen) atoms. The third-order valence-corrected chi connectivity index (χ3v) is 8.68. The fraction of sp³-hybridized carbons (Fsp3) is 0.625. The maximum atomic E-state index is 9.21. The number of rotatable bonds is 4. The third-order valence-electron chi connectivity index (χ3n) is 4.20. The molecule has 4 heteroatoms. The molecule has 0 radical (unpaired) electrons. The van der Waals surface area contributed by atoms with Crippen LogP contribution in [-0.2, 0) is 16.4 Å². The summed E-state index contributed by atoms with van der Waals surface area (Å²) in [5.74, 6) is 0. The lowest BCUT2D eigenvalue weighted by molar-refractivity contribution is 0.272. The molecule has 1 heterocycles. The van der Waals surface area contributed by atoms with Gasteiger partial charge < -0.3 is 4.43 Å². The molecule has 0 unspecified atom stereocenters. The first-order chi connectivity index (χ1) is 8.99. The molecule has 0 saturated heterocycles. The van der Waals surface area contributed by atoms with E-state index in [1.165, 1.54) is 0 Å². The van der Waals surface area contributed by atoms with E-state index in [9.17, 15) is 5.26 Å². The minimum absolute atomic E-state index is 0.191. The van der Waals surface area contributed by atoms with Crippen LogP contribution in [0.15, 0.2) is 18.3 Å². The molecule has 0 aliphatic carbocycles. The number of hydrogen-bond acceptors (Lipinski definition) is 3. The van der Waals surface area contributed by atoms with Gasteiger partial charge in [-0.3, -0.25) is 4.98 Å². The van der Waals surface area contributed by atoms with Crippen molar-refractivity contribution in [1.29, 1.82) is 5.26 Å². The molecule has 110 valence electrons. The van der Waals surface area contributed by atoms with Crippen molar-refractivity contribution in [1.82, 2.24) is 4.98 Å². The smallest absolute Gasteiger partial charge is 0.192 e. The summed E-state index contributed by atoms with van der Waals surface area (Å²) in [7, 11) is -1.76. The van der Waals surface area contributed by atoms with Gasteiger partial charge in [0.1, 0.15) is 0 Å². The first-order valence-corrected chi connectivity index (χ1v) is 9.91. The Bertz CT molecular complexity index is 510. The summed E-state index contributed by atoms with van der Waals surface area (Å²) in [5, 5.41) is 9.40. The second-order valence-electron chi connectivity index (χ2n) is 7.32. The summed E-state index contributed by atoms with van der Waals surface area (Å²) < 4.78 is 6.17. The summed E-state index contributed by atoms with van der Waals surface area (Å²) in [5.41, 5.74) is 1.40. The van der Waals surface area contributed by atoms with E-state index in [1.54, 1.807) is 6.20 Å². The van der Waals surface area contributed by atoms with E-state index in [4.69, 9.17) is 4.43 Å². The maximum Gasteiger partial charge on any atom is 0.192 e. The molecule has 0 aliphatic heterocycles. The van der Waals surface area contributed by atoms with Crippen molar-refractivity contribution < 1.29 is 4.43 Å². The minimum atomic E-state index is -1.76. The van der Waals surface area contributed by atoms with E-state index in [0.29, 0.717) is 6.61 Å². The topological polar surface area (TPSA) is 45.9 Å². The van der Waals surface area contributed by atoms with E-state index < -0.39 is 13.7 Å². The van der Waals surface area contributed by atoms with Crippen LogP contribution in [0.1, 0.15) is 45.9 Å². The second-order valence-corrected chi connectivity index (χ2v) is 12.1. The van der Waals surface area contributed by atoms with Crippen molar-refractivity contribution in [2.24, 2.45) is 0 Å². The van der Waals surface area contributed by atoms with E-state index in [-0.39, 0.29) is 5.04 Å². The SMILES string of the molecule is CC(C)(C#N)c1ccnc(CO[Si](C)(C)C(C)(C)C)c1. The third kappa shape index (κ3) is 3.91. The van der Waals surface area contributed by atoms with Gasteiger partial charge in [-0.1, -0.05) is 20.8 Å². The number of aromatic nitrogens is 1. The van der Waals surface area contributed by atoms with Gasteiger partial charge in [0, 0.05) is 6.20 Å². The fourth-order valence-electron chi connectivity index (χ4n) is 1.48. The van der Waals surface area contributed by atoms with Gasteiger partial charge in [0.25, 0.3) is 0 Å². The first-order valence-electron chi connectivity index (χ1n) is 7.00. The molecule has 1 rings (SSSR count). The van der Waals surface area contributed by atoms with Crippen molar-refractivity contribution >= 4 is 8.32 Å². The minimum Gasteiger partial charge on any atom is -0.411 e. The average molecular weight is 290 g/mol. The Labute approximate surface area is 124 Å². The monoisotopic (exact) mass is 290 g/mol. The molecule has 1 aromatic rings. The van der Waals surface area contributed by atoms with Gasteiger partial charge in [0.05, 0.1) is 23.8 Å². The van der Waals surface area contributed by atoms with Crippen LogP contribution in [0.2, 0.25) is 18.1 Å².